The molecule has 0 saturated heterocycles. The molecule has 0 aromatic carbocycles. The van der Waals surface area contributed by atoms with Crippen LogP contribution < -0.4 is 44.5 Å². The van der Waals surface area contributed by atoms with Crippen molar-refractivity contribution in [2.75, 3.05) is 9.80 Å². The third-order valence-corrected chi connectivity index (χ3v) is 15.6. The fourth-order valence-corrected chi connectivity index (χ4v) is 12.1. The maximum absolute atomic E-state index is 11.2. The van der Waals surface area contributed by atoms with Gasteiger partial charge in [-0.05, 0) is 133 Å². The number of carbonyl (C=O) groups is 2. The van der Waals surface area contributed by atoms with Gasteiger partial charge in [-0.1, -0.05) is 55.4 Å². The minimum absolute atomic E-state index is 0. The number of hydrogen-bond donors (Lipinski definition) is 1. The zero-order valence-electron chi connectivity index (χ0n) is 34.6. The molecular weight excluding hydrogens is 736 g/mol. The zero-order chi connectivity index (χ0) is 39.1. The van der Waals surface area contributed by atoms with Crippen LogP contribution in [0, 0.1) is 13.8 Å². The van der Waals surface area contributed by atoms with Crippen LogP contribution in [0.3, 0.4) is 0 Å². The third kappa shape index (κ3) is 7.92. The Labute approximate surface area is 357 Å². The number of aromatic carboxylic acids is 2. The van der Waals surface area contributed by atoms with E-state index in [0.717, 1.165) is 37.3 Å². The van der Waals surface area contributed by atoms with Gasteiger partial charge in [-0.15, -0.1) is 22.7 Å². The Balaban J connectivity index is 0.000000184. The molecule has 0 aliphatic heterocycles. The fraction of sp³-hybridized carbons (Fsp3) is 0.545. The van der Waals surface area contributed by atoms with E-state index in [-0.39, 0.29) is 62.3 Å². The van der Waals surface area contributed by atoms with Crippen molar-refractivity contribution in [3.63, 3.8) is 0 Å². The van der Waals surface area contributed by atoms with Gasteiger partial charge in [-0.2, -0.15) is 0 Å². The van der Waals surface area contributed by atoms with Crippen LogP contribution in [0.4, 0.5) is 21.6 Å². The number of rotatable bonds is 8. The molecule has 11 heteroatoms. The summed E-state index contributed by atoms with van der Waals surface area (Å²) in [7, 11) is 0. The number of carbonyl (C=O) groups excluding carboxylic acids is 1. The maximum atomic E-state index is 11.2. The Kier molecular flexibility index (Phi) is 11.3. The average Bonchev–Trinajstić information content (AvgIpc) is 4.04. The fourth-order valence-electron chi connectivity index (χ4n) is 8.66. The van der Waals surface area contributed by atoms with Gasteiger partial charge in [0.2, 0.25) is 0 Å². The molecule has 8 rings (SSSR count). The molecule has 0 radical (unpaired) electrons. The third-order valence-electron chi connectivity index (χ3n) is 12.3. The summed E-state index contributed by atoms with van der Waals surface area (Å²) in [6, 6.07) is 7.86. The Morgan fingerprint density at radius 1 is 0.655 bits per heavy atom. The van der Waals surface area contributed by atoms with Crippen LogP contribution in [0.5, 0.6) is 0 Å². The topological polar surface area (TPSA) is 110 Å². The summed E-state index contributed by atoms with van der Waals surface area (Å²) in [5, 5.41) is 22.8. The Morgan fingerprint density at radius 2 is 1.02 bits per heavy atom. The number of thiophene rings is 2. The van der Waals surface area contributed by atoms with Gasteiger partial charge in [-0.3, -0.25) is 0 Å². The van der Waals surface area contributed by atoms with E-state index in [1.165, 1.54) is 80.1 Å². The second-order valence-corrected chi connectivity index (χ2v) is 20.6. The van der Waals surface area contributed by atoms with Gasteiger partial charge < -0.3 is 24.8 Å². The van der Waals surface area contributed by atoms with Crippen molar-refractivity contribution in [1.82, 2.24) is 9.97 Å². The SMILES string of the molecule is Cc1c(N(c2ccc(C(=O)O)cn2)C2CC2)sc2c1C(C)(C)CCC2(C)C.Cc1c(N(c2ccc(C(=O)[O-])cn2)C2CC2)sc2c1C(C)(C)CCC2(C)C.[Na+]. The smallest absolute Gasteiger partial charge is 0.545 e. The van der Waals surface area contributed by atoms with Crippen molar-refractivity contribution in [3.8, 4) is 0 Å². The molecule has 0 bridgehead atoms. The van der Waals surface area contributed by atoms with E-state index < -0.39 is 11.9 Å². The van der Waals surface area contributed by atoms with E-state index >= 15 is 0 Å². The van der Waals surface area contributed by atoms with Crippen LogP contribution in [0.25, 0.3) is 0 Å². The number of hydrogen-bond acceptors (Lipinski definition) is 9. The second-order valence-electron chi connectivity index (χ2n) is 18.6. The molecule has 4 aliphatic carbocycles. The van der Waals surface area contributed by atoms with Crippen molar-refractivity contribution in [1.29, 1.82) is 0 Å². The number of anilines is 4. The molecule has 288 valence electrons. The minimum atomic E-state index is -1.18. The van der Waals surface area contributed by atoms with Gasteiger partial charge in [0.25, 0.3) is 0 Å². The Hall–Kier alpha value is -2.76. The quantitative estimate of drug-likeness (QED) is 0.186. The van der Waals surface area contributed by atoms with Gasteiger partial charge in [-0.25, -0.2) is 14.8 Å². The van der Waals surface area contributed by atoms with Crippen LogP contribution in [-0.2, 0) is 21.7 Å². The van der Waals surface area contributed by atoms with E-state index in [0.29, 0.717) is 12.1 Å². The van der Waals surface area contributed by atoms with Crippen LogP contribution in [0.2, 0.25) is 0 Å². The molecule has 0 atom stereocenters. The summed E-state index contributed by atoms with van der Waals surface area (Å²) in [6.45, 7) is 23.4. The zero-order valence-corrected chi connectivity index (χ0v) is 38.2. The van der Waals surface area contributed by atoms with Crippen LogP contribution in [0.1, 0.15) is 159 Å². The summed E-state index contributed by atoms with van der Waals surface area (Å²) >= 11 is 3.83. The Morgan fingerprint density at radius 3 is 1.31 bits per heavy atom. The van der Waals surface area contributed by atoms with E-state index in [9.17, 15) is 19.8 Å². The minimum Gasteiger partial charge on any atom is -0.545 e. The second kappa shape index (κ2) is 14.9. The van der Waals surface area contributed by atoms with Gasteiger partial charge in [0.15, 0.2) is 0 Å². The van der Waals surface area contributed by atoms with Crippen molar-refractivity contribution < 1.29 is 49.4 Å². The molecule has 4 heterocycles. The molecule has 2 fully saturated rings. The first-order valence-electron chi connectivity index (χ1n) is 19.5. The van der Waals surface area contributed by atoms with Gasteiger partial charge in [0.1, 0.15) is 21.6 Å². The summed E-state index contributed by atoms with van der Waals surface area (Å²) in [5.74, 6) is -0.420. The first kappa shape index (κ1) is 41.9. The first-order valence-corrected chi connectivity index (χ1v) is 21.1. The van der Waals surface area contributed by atoms with Crippen LogP contribution in [-0.4, -0.2) is 39.1 Å². The van der Waals surface area contributed by atoms with E-state index in [4.69, 9.17) is 0 Å². The van der Waals surface area contributed by atoms with Crippen molar-refractivity contribution in [2.24, 2.45) is 0 Å². The summed E-state index contributed by atoms with van der Waals surface area (Å²) in [4.78, 5) is 38.9. The number of carboxylic acids is 2. The number of pyridine rings is 2. The number of nitrogens with zero attached hydrogens (tertiary/aromatic N) is 4. The normalized spacial score (nSPS) is 19.8. The van der Waals surface area contributed by atoms with Gasteiger partial charge in [0, 0.05) is 39.8 Å². The summed E-state index contributed by atoms with van der Waals surface area (Å²) in [6.07, 6.45) is 12.3. The van der Waals surface area contributed by atoms with E-state index in [1.807, 2.05) is 34.8 Å². The van der Waals surface area contributed by atoms with Crippen LogP contribution in [0.15, 0.2) is 36.7 Å². The van der Waals surface area contributed by atoms with Crippen molar-refractivity contribution in [2.45, 2.75) is 154 Å². The Bertz CT molecular complexity index is 1940. The molecule has 4 aliphatic rings. The number of aromatic nitrogens is 2. The first-order chi connectivity index (χ1) is 25.2. The van der Waals surface area contributed by atoms with Crippen molar-refractivity contribution >= 4 is 56.3 Å². The average molecular weight is 791 g/mol. The van der Waals surface area contributed by atoms with Gasteiger partial charge in [0.05, 0.1) is 11.5 Å². The number of carboxylic acid groups (broad SMARTS) is 2. The van der Waals surface area contributed by atoms with Crippen molar-refractivity contribution in [3.05, 3.63) is 79.8 Å². The predicted octanol–water partition coefficient (Wildman–Crippen LogP) is 7.27. The van der Waals surface area contributed by atoms with E-state index in [1.54, 1.807) is 12.1 Å². The molecule has 4 aromatic heterocycles. The summed E-state index contributed by atoms with van der Waals surface area (Å²) in [5.41, 5.74) is 6.91. The molecular formula is C44H55N4NaO4S2. The number of fused-ring (bicyclic) bond motifs is 2. The molecule has 0 unspecified atom stereocenters. The monoisotopic (exact) mass is 790 g/mol. The van der Waals surface area contributed by atoms with Crippen LogP contribution >= 0.6 is 22.7 Å². The van der Waals surface area contributed by atoms with E-state index in [2.05, 4.69) is 89.0 Å². The molecule has 0 spiro atoms. The standard InChI is InChI=1S/2C22H28N2O2S.Na/c2*1-13-17-18(22(4,5)11-10-21(17,2)3)27-19(13)24(15-7-8-15)16-9-6-14(12-23-16)20(25)26;/h2*6,9,12,15H,7-8,10-11H2,1-5H3,(H,25,26);/q;;+1/p-1. The largest absolute Gasteiger partial charge is 1.00 e. The molecule has 0 amide bonds. The molecule has 55 heavy (non-hydrogen) atoms. The molecule has 2 saturated carbocycles. The molecule has 8 nitrogen and oxygen atoms in total. The molecule has 4 aromatic rings. The summed E-state index contributed by atoms with van der Waals surface area (Å²) < 4.78 is 0. The van der Waals surface area contributed by atoms with Gasteiger partial charge >= 0.3 is 35.5 Å². The molecule has 1 N–H and O–H groups in total. The maximum Gasteiger partial charge on any atom is 1.00 e. The predicted molar refractivity (Wildman–Crippen MR) is 219 cm³/mol.